The maximum Gasteiger partial charge on any atom is 0.255 e. The number of benzene rings is 3. The molecule has 0 radical (unpaired) electrons. The molecule has 0 saturated carbocycles. The summed E-state index contributed by atoms with van der Waals surface area (Å²) in [6.45, 7) is 4.83. The molecule has 0 aromatic heterocycles. The van der Waals surface area contributed by atoms with Gasteiger partial charge in [0.1, 0.15) is 0 Å². The number of hydrogen-bond donors (Lipinski definition) is 2. The first kappa shape index (κ1) is 16.8. The van der Waals surface area contributed by atoms with Crippen LogP contribution in [0.25, 0.3) is 0 Å². The molecule has 2 N–H and O–H groups in total. The molecule has 1 amide bonds. The Kier molecular flexibility index (Phi) is 5.14. The molecule has 0 bridgehead atoms. The van der Waals surface area contributed by atoms with E-state index in [1.165, 1.54) is 11.1 Å². The van der Waals surface area contributed by atoms with Crippen molar-refractivity contribution in [2.24, 2.45) is 0 Å². The minimum absolute atomic E-state index is 0.0935. The van der Waals surface area contributed by atoms with E-state index in [1.807, 2.05) is 55.5 Å². The number of carbonyl (C=O) groups excluding carboxylic acids is 1. The van der Waals surface area contributed by atoms with E-state index in [1.54, 1.807) is 0 Å². The van der Waals surface area contributed by atoms with E-state index >= 15 is 0 Å². The van der Waals surface area contributed by atoms with Crippen molar-refractivity contribution in [1.82, 2.24) is 0 Å². The molecule has 3 rings (SSSR count). The van der Waals surface area contributed by atoms with Crippen molar-refractivity contribution in [2.45, 2.75) is 20.4 Å². The summed E-state index contributed by atoms with van der Waals surface area (Å²) in [5.74, 6) is -0.0935. The lowest BCUT2D eigenvalue weighted by Crippen LogP contribution is -2.11. The minimum Gasteiger partial charge on any atom is -0.381 e. The van der Waals surface area contributed by atoms with Crippen LogP contribution in [0.3, 0.4) is 0 Å². The molecular formula is C22H22N2O. The smallest absolute Gasteiger partial charge is 0.255 e. The van der Waals surface area contributed by atoms with Crippen molar-refractivity contribution in [3.63, 3.8) is 0 Å². The molecule has 3 nitrogen and oxygen atoms in total. The van der Waals surface area contributed by atoms with Crippen LogP contribution in [-0.2, 0) is 6.54 Å². The molecule has 0 atom stereocenters. The van der Waals surface area contributed by atoms with Crippen LogP contribution >= 0.6 is 0 Å². The lowest BCUT2D eigenvalue weighted by Gasteiger charge is -2.09. The second kappa shape index (κ2) is 7.67. The number of carbonyl (C=O) groups is 1. The molecule has 126 valence electrons. The maximum absolute atomic E-state index is 12.3. The van der Waals surface area contributed by atoms with Crippen LogP contribution in [0, 0.1) is 13.8 Å². The molecule has 3 aromatic rings. The SMILES string of the molecule is Cc1ccc(CNc2ccc(NC(=O)c3cccc(C)c3)cc2)cc1. The number of rotatable bonds is 5. The van der Waals surface area contributed by atoms with Crippen LogP contribution < -0.4 is 10.6 Å². The van der Waals surface area contributed by atoms with Crippen molar-refractivity contribution in [2.75, 3.05) is 10.6 Å². The summed E-state index contributed by atoms with van der Waals surface area (Å²) in [6, 6.07) is 23.8. The van der Waals surface area contributed by atoms with Gasteiger partial charge in [-0.3, -0.25) is 4.79 Å². The number of anilines is 2. The fourth-order valence-electron chi connectivity index (χ4n) is 2.57. The fraction of sp³-hybridized carbons (Fsp3) is 0.136. The van der Waals surface area contributed by atoms with Gasteiger partial charge in [0.2, 0.25) is 0 Å². The summed E-state index contributed by atoms with van der Waals surface area (Å²) >= 11 is 0. The highest BCUT2D eigenvalue weighted by Crippen LogP contribution is 2.16. The van der Waals surface area contributed by atoms with Crippen molar-refractivity contribution in [1.29, 1.82) is 0 Å². The van der Waals surface area contributed by atoms with E-state index in [0.717, 1.165) is 23.5 Å². The Morgan fingerprint density at radius 2 is 1.48 bits per heavy atom. The zero-order valence-electron chi connectivity index (χ0n) is 14.5. The van der Waals surface area contributed by atoms with Gasteiger partial charge in [0, 0.05) is 23.5 Å². The average molecular weight is 330 g/mol. The average Bonchev–Trinajstić information content (AvgIpc) is 2.62. The summed E-state index contributed by atoms with van der Waals surface area (Å²) in [4.78, 5) is 12.3. The third-order valence-corrected chi connectivity index (χ3v) is 4.04. The minimum atomic E-state index is -0.0935. The van der Waals surface area contributed by atoms with Gasteiger partial charge in [0.15, 0.2) is 0 Å². The van der Waals surface area contributed by atoms with E-state index in [9.17, 15) is 4.79 Å². The van der Waals surface area contributed by atoms with Crippen molar-refractivity contribution in [3.05, 3.63) is 95.1 Å². The van der Waals surface area contributed by atoms with Crippen molar-refractivity contribution in [3.8, 4) is 0 Å². The highest BCUT2D eigenvalue weighted by molar-refractivity contribution is 6.04. The van der Waals surface area contributed by atoms with Gasteiger partial charge in [-0.1, -0.05) is 47.5 Å². The van der Waals surface area contributed by atoms with Crippen molar-refractivity contribution >= 4 is 17.3 Å². The van der Waals surface area contributed by atoms with Crippen LogP contribution in [0.4, 0.5) is 11.4 Å². The van der Waals surface area contributed by atoms with E-state index in [0.29, 0.717) is 5.56 Å². The molecule has 0 fully saturated rings. The topological polar surface area (TPSA) is 41.1 Å². The van der Waals surface area contributed by atoms with Crippen molar-refractivity contribution < 1.29 is 4.79 Å². The monoisotopic (exact) mass is 330 g/mol. The van der Waals surface area contributed by atoms with Gasteiger partial charge in [-0.05, 0) is 55.8 Å². The van der Waals surface area contributed by atoms with Crippen LogP contribution in [0.1, 0.15) is 27.0 Å². The summed E-state index contributed by atoms with van der Waals surface area (Å²) in [5, 5.41) is 6.31. The predicted octanol–water partition coefficient (Wildman–Crippen LogP) is 5.17. The summed E-state index contributed by atoms with van der Waals surface area (Å²) < 4.78 is 0. The van der Waals surface area contributed by atoms with Gasteiger partial charge in [-0.25, -0.2) is 0 Å². The molecule has 0 aliphatic rings. The molecule has 0 unspecified atom stereocenters. The number of aryl methyl sites for hydroxylation is 2. The van der Waals surface area contributed by atoms with E-state index in [4.69, 9.17) is 0 Å². The third kappa shape index (κ3) is 4.70. The summed E-state index contributed by atoms with van der Waals surface area (Å²) in [5.41, 5.74) is 6.05. The zero-order chi connectivity index (χ0) is 17.6. The Balaban J connectivity index is 1.58. The van der Waals surface area contributed by atoms with E-state index < -0.39 is 0 Å². The van der Waals surface area contributed by atoms with Gasteiger partial charge in [-0.2, -0.15) is 0 Å². The first-order chi connectivity index (χ1) is 12.1. The Morgan fingerprint density at radius 1 is 0.800 bits per heavy atom. The maximum atomic E-state index is 12.3. The third-order valence-electron chi connectivity index (χ3n) is 4.04. The Morgan fingerprint density at radius 3 is 2.16 bits per heavy atom. The second-order valence-corrected chi connectivity index (χ2v) is 6.24. The highest BCUT2D eigenvalue weighted by atomic mass is 16.1. The van der Waals surface area contributed by atoms with Gasteiger partial charge >= 0.3 is 0 Å². The largest absolute Gasteiger partial charge is 0.381 e. The van der Waals surface area contributed by atoms with Gasteiger partial charge in [0.05, 0.1) is 0 Å². The fourth-order valence-corrected chi connectivity index (χ4v) is 2.57. The molecule has 0 spiro atoms. The molecule has 3 aromatic carbocycles. The summed E-state index contributed by atoms with van der Waals surface area (Å²) in [7, 11) is 0. The van der Waals surface area contributed by atoms with Crippen LogP contribution in [0.5, 0.6) is 0 Å². The van der Waals surface area contributed by atoms with Crippen LogP contribution in [-0.4, -0.2) is 5.91 Å². The lowest BCUT2D eigenvalue weighted by atomic mass is 10.1. The molecular weight excluding hydrogens is 308 g/mol. The Bertz CT molecular complexity index is 852. The molecule has 0 saturated heterocycles. The zero-order valence-corrected chi connectivity index (χ0v) is 14.5. The Hall–Kier alpha value is -3.07. The molecule has 3 heteroatoms. The van der Waals surface area contributed by atoms with E-state index in [-0.39, 0.29) is 5.91 Å². The molecule has 25 heavy (non-hydrogen) atoms. The first-order valence-corrected chi connectivity index (χ1v) is 8.38. The molecule has 0 aliphatic heterocycles. The highest BCUT2D eigenvalue weighted by Gasteiger charge is 2.06. The van der Waals surface area contributed by atoms with Gasteiger partial charge < -0.3 is 10.6 Å². The van der Waals surface area contributed by atoms with E-state index in [2.05, 4.69) is 41.8 Å². The summed E-state index contributed by atoms with van der Waals surface area (Å²) in [6.07, 6.45) is 0. The normalized spacial score (nSPS) is 10.3. The first-order valence-electron chi connectivity index (χ1n) is 8.38. The quantitative estimate of drug-likeness (QED) is 0.678. The lowest BCUT2D eigenvalue weighted by molar-refractivity contribution is 0.102. The predicted molar refractivity (Wildman–Crippen MR) is 104 cm³/mol. The van der Waals surface area contributed by atoms with Crippen LogP contribution in [0.2, 0.25) is 0 Å². The Labute approximate surface area is 148 Å². The number of hydrogen-bond acceptors (Lipinski definition) is 2. The standard InChI is InChI=1S/C22H22N2O/c1-16-6-8-18(9-7-16)15-23-20-10-12-21(13-11-20)24-22(25)19-5-3-4-17(2)14-19/h3-14,23H,15H2,1-2H3,(H,24,25). The second-order valence-electron chi connectivity index (χ2n) is 6.24. The molecule has 0 aliphatic carbocycles. The van der Waals surface area contributed by atoms with Gasteiger partial charge in [0.25, 0.3) is 5.91 Å². The molecule has 0 heterocycles. The number of nitrogens with one attached hydrogen (secondary N) is 2. The van der Waals surface area contributed by atoms with Crippen LogP contribution in [0.15, 0.2) is 72.8 Å². The van der Waals surface area contributed by atoms with Gasteiger partial charge in [-0.15, -0.1) is 0 Å². The number of amides is 1.